The number of fused-ring (bicyclic) bond motifs is 6. The van der Waals surface area contributed by atoms with Crippen molar-refractivity contribution in [3.8, 4) is 45.8 Å². The maximum atomic E-state index is 10.4. The maximum Gasteiger partial charge on any atom is 0.101 e. The van der Waals surface area contributed by atoms with Crippen molar-refractivity contribution in [2.45, 2.75) is 0 Å². The molecule has 7 aromatic carbocycles. The van der Waals surface area contributed by atoms with Gasteiger partial charge in [-0.05, 0) is 77.4 Å². The number of nitrogens with zero attached hydrogens (tertiary/aromatic N) is 4. The molecule has 0 N–H and O–H groups in total. The Morgan fingerprint density at radius 1 is 0.396 bits per heavy atom. The van der Waals surface area contributed by atoms with Crippen molar-refractivity contribution in [2.24, 2.45) is 0 Å². The van der Waals surface area contributed by atoms with Gasteiger partial charge in [0.05, 0.1) is 45.0 Å². The minimum absolute atomic E-state index is 0.582. The van der Waals surface area contributed by atoms with Gasteiger partial charge in [0, 0.05) is 32.8 Å². The van der Waals surface area contributed by atoms with E-state index in [2.05, 4.69) is 137 Å². The summed E-state index contributed by atoms with van der Waals surface area (Å²) in [5, 5.41) is 24.6. The van der Waals surface area contributed by atoms with E-state index in [9.17, 15) is 10.5 Å². The average Bonchev–Trinajstić information content (AvgIpc) is 3.67. The van der Waals surface area contributed by atoms with Gasteiger partial charge in [-0.15, -0.1) is 0 Å². The van der Waals surface area contributed by atoms with Crippen LogP contribution in [0.1, 0.15) is 11.1 Å². The molecule has 0 fully saturated rings. The third kappa shape index (κ3) is 4.14. The zero-order valence-corrected chi connectivity index (χ0v) is 25.8. The lowest BCUT2D eigenvalue weighted by Crippen LogP contribution is -2.01. The van der Waals surface area contributed by atoms with Crippen LogP contribution in [0.15, 0.2) is 158 Å². The normalized spacial score (nSPS) is 11.3. The Morgan fingerprint density at radius 2 is 0.958 bits per heavy atom. The molecule has 0 radical (unpaired) electrons. The SMILES string of the molecule is N#Cc1ccc2c(c1)c1ccccc1n2-c1c(C#N)cccc1-c1cccc(-c2cccc(-n3c4ccccc4c4ccccc43)c2)c1. The predicted molar refractivity (Wildman–Crippen MR) is 195 cm³/mol. The molecule has 0 unspecified atom stereocenters. The van der Waals surface area contributed by atoms with Crippen LogP contribution in [-0.2, 0) is 0 Å². The first kappa shape index (κ1) is 27.4. The Hall–Kier alpha value is -6.88. The van der Waals surface area contributed by atoms with E-state index in [4.69, 9.17) is 0 Å². The molecule has 222 valence electrons. The van der Waals surface area contributed by atoms with Gasteiger partial charge >= 0.3 is 0 Å². The van der Waals surface area contributed by atoms with Crippen molar-refractivity contribution < 1.29 is 0 Å². The fourth-order valence-corrected chi connectivity index (χ4v) is 7.28. The van der Waals surface area contributed by atoms with Gasteiger partial charge in [-0.1, -0.05) is 97.1 Å². The average molecular weight is 611 g/mol. The van der Waals surface area contributed by atoms with Crippen molar-refractivity contribution in [2.75, 3.05) is 0 Å². The third-order valence-electron chi connectivity index (χ3n) is 9.37. The third-order valence-corrected chi connectivity index (χ3v) is 9.37. The summed E-state index contributed by atoms with van der Waals surface area (Å²) in [7, 11) is 0. The Kier molecular flexibility index (Phi) is 6.22. The first-order valence-electron chi connectivity index (χ1n) is 15.9. The summed E-state index contributed by atoms with van der Waals surface area (Å²) in [6, 6.07) is 59.0. The molecule has 48 heavy (non-hydrogen) atoms. The summed E-state index contributed by atoms with van der Waals surface area (Å²) in [6.45, 7) is 0. The lowest BCUT2D eigenvalue weighted by Gasteiger charge is -2.17. The van der Waals surface area contributed by atoms with Crippen molar-refractivity contribution in [3.05, 3.63) is 169 Å². The summed E-state index contributed by atoms with van der Waals surface area (Å²) in [4.78, 5) is 0. The van der Waals surface area contributed by atoms with E-state index in [1.807, 2.05) is 42.5 Å². The molecule has 0 spiro atoms. The molecular weight excluding hydrogens is 585 g/mol. The second kappa shape index (κ2) is 10.9. The Bertz CT molecular complexity index is 2760. The van der Waals surface area contributed by atoms with E-state index in [0.29, 0.717) is 11.1 Å². The van der Waals surface area contributed by atoms with E-state index in [1.165, 1.54) is 21.8 Å². The van der Waals surface area contributed by atoms with E-state index in [0.717, 1.165) is 55.4 Å². The fraction of sp³-hybridized carbons (Fsp3) is 0. The van der Waals surface area contributed by atoms with Crippen LogP contribution in [-0.4, -0.2) is 9.13 Å². The van der Waals surface area contributed by atoms with Crippen LogP contribution in [0.5, 0.6) is 0 Å². The van der Waals surface area contributed by atoms with Crippen LogP contribution in [0.2, 0.25) is 0 Å². The van der Waals surface area contributed by atoms with Crippen molar-refractivity contribution in [1.82, 2.24) is 9.13 Å². The molecule has 9 aromatic rings. The molecule has 0 saturated carbocycles. The van der Waals surface area contributed by atoms with Gasteiger partial charge < -0.3 is 9.13 Å². The molecule has 2 aromatic heterocycles. The minimum Gasteiger partial charge on any atom is -0.309 e. The van der Waals surface area contributed by atoms with Crippen molar-refractivity contribution in [3.63, 3.8) is 0 Å². The molecule has 4 nitrogen and oxygen atoms in total. The number of hydrogen-bond donors (Lipinski definition) is 0. The van der Waals surface area contributed by atoms with Crippen molar-refractivity contribution in [1.29, 1.82) is 10.5 Å². The van der Waals surface area contributed by atoms with E-state index < -0.39 is 0 Å². The van der Waals surface area contributed by atoms with Crippen LogP contribution in [0, 0.1) is 22.7 Å². The number of nitriles is 2. The monoisotopic (exact) mass is 610 g/mol. The maximum absolute atomic E-state index is 10.4. The zero-order valence-electron chi connectivity index (χ0n) is 25.8. The standard InChI is InChI=1S/C44H26N4/c45-27-29-22-23-43-39(24-29)38-17-3-6-21-42(38)48(43)44-33(28-46)13-9-18-35(44)32-12-7-10-30(25-32)31-11-8-14-34(26-31)47-40-19-4-1-15-36(40)37-16-2-5-20-41(37)47/h1-26H. The summed E-state index contributed by atoms with van der Waals surface area (Å²) >= 11 is 0. The summed E-state index contributed by atoms with van der Waals surface area (Å²) in [5.41, 5.74) is 11.6. The van der Waals surface area contributed by atoms with Crippen LogP contribution in [0.4, 0.5) is 0 Å². The number of rotatable bonds is 4. The Morgan fingerprint density at radius 3 is 1.65 bits per heavy atom. The highest BCUT2D eigenvalue weighted by Gasteiger charge is 2.19. The molecule has 0 aliphatic rings. The molecule has 0 amide bonds. The molecule has 0 bridgehead atoms. The van der Waals surface area contributed by atoms with Gasteiger partial charge in [0.1, 0.15) is 6.07 Å². The lowest BCUT2D eigenvalue weighted by atomic mass is 9.96. The van der Waals surface area contributed by atoms with Gasteiger partial charge in [0.25, 0.3) is 0 Å². The van der Waals surface area contributed by atoms with E-state index in [1.54, 1.807) is 0 Å². The summed E-state index contributed by atoms with van der Waals surface area (Å²) < 4.78 is 4.52. The molecule has 0 aliphatic carbocycles. The number of hydrogen-bond acceptors (Lipinski definition) is 2. The number of aromatic nitrogens is 2. The van der Waals surface area contributed by atoms with Gasteiger partial charge in [-0.25, -0.2) is 0 Å². The highest BCUT2D eigenvalue weighted by atomic mass is 15.0. The highest BCUT2D eigenvalue weighted by molar-refractivity contribution is 6.11. The molecule has 0 aliphatic heterocycles. The first-order valence-corrected chi connectivity index (χ1v) is 15.9. The second-order valence-electron chi connectivity index (χ2n) is 12.0. The van der Waals surface area contributed by atoms with Crippen LogP contribution in [0.25, 0.3) is 77.2 Å². The quantitative estimate of drug-likeness (QED) is 0.199. The van der Waals surface area contributed by atoms with Crippen LogP contribution in [0.3, 0.4) is 0 Å². The predicted octanol–water partition coefficient (Wildman–Crippen LogP) is 11.0. The lowest BCUT2D eigenvalue weighted by molar-refractivity contribution is 1.17. The zero-order chi connectivity index (χ0) is 32.2. The van der Waals surface area contributed by atoms with Gasteiger partial charge in [-0.3, -0.25) is 0 Å². The van der Waals surface area contributed by atoms with Gasteiger partial charge in [0.2, 0.25) is 0 Å². The summed E-state index contributed by atoms with van der Waals surface area (Å²) in [6.07, 6.45) is 0. The fourth-order valence-electron chi connectivity index (χ4n) is 7.28. The smallest absolute Gasteiger partial charge is 0.101 e. The van der Waals surface area contributed by atoms with Gasteiger partial charge in [0.15, 0.2) is 0 Å². The summed E-state index contributed by atoms with van der Waals surface area (Å²) in [5.74, 6) is 0. The number of para-hydroxylation sites is 4. The molecule has 2 heterocycles. The van der Waals surface area contributed by atoms with Crippen molar-refractivity contribution >= 4 is 43.6 Å². The van der Waals surface area contributed by atoms with E-state index in [-0.39, 0.29) is 0 Å². The molecular formula is C44H26N4. The molecule has 4 heteroatoms. The minimum atomic E-state index is 0.582. The Balaban J connectivity index is 1.23. The highest BCUT2D eigenvalue weighted by Crippen LogP contribution is 2.39. The van der Waals surface area contributed by atoms with Crippen LogP contribution >= 0.6 is 0 Å². The Labute approximate surface area is 277 Å². The molecule has 0 atom stereocenters. The molecule has 0 saturated heterocycles. The molecule has 9 rings (SSSR count). The van der Waals surface area contributed by atoms with E-state index >= 15 is 0 Å². The largest absolute Gasteiger partial charge is 0.309 e. The van der Waals surface area contributed by atoms with Gasteiger partial charge in [-0.2, -0.15) is 10.5 Å². The van der Waals surface area contributed by atoms with Crippen LogP contribution < -0.4 is 0 Å². The number of benzene rings is 7. The topological polar surface area (TPSA) is 57.4 Å². The first-order chi connectivity index (χ1) is 23.7. The second-order valence-corrected chi connectivity index (χ2v) is 12.0.